The minimum absolute atomic E-state index is 0.0123. The lowest BCUT2D eigenvalue weighted by atomic mass is 10.1. The molecule has 1 aromatic heterocycles. The number of rotatable bonds is 4. The van der Waals surface area contributed by atoms with E-state index in [1.807, 2.05) is 37.3 Å². The van der Waals surface area contributed by atoms with Crippen LogP contribution in [0.15, 0.2) is 41.0 Å². The van der Waals surface area contributed by atoms with Crippen LogP contribution < -0.4 is 16.0 Å². The zero-order valence-electron chi connectivity index (χ0n) is 12.0. The van der Waals surface area contributed by atoms with Crippen LogP contribution in [0.3, 0.4) is 0 Å². The van der Waals surface area contributed by atoms with Gasteiger partial charge in [-0.1, -0.05) is 6.07 Å². The Morgan fingerprint density at radius 2 is 2.29 bits per heavy atom. The molecule has 2 heterocycles. The molecule has 0 radical (unpaired) electrons. The Morgan fingerprint density at radius 1 is 1.43 bits per heavy atom. The monoisotopic (exact) mass is 285 g/mol. The highest BCUT2D eigenvalue weighted by molar-refractivity contribution is 5.86. The third kappa shape index (κ3) is 2.59. The molecule has 0 fully saturated rings. The van der Waals surface area contributed by atoms with Crippen molar-refractivity contribution in [3.63, 3.8) is 0 Å². The lowest BCUT2D eigenvalue weighted by Crippen LogP contribution is -2.44. The first-order chi connectivity index (χ1) is 10.2. The second-order valence-electron chi connectivity index (χ2n) is 5.26. The summed E-state index contributed by atoms with van der Waals surface area (Å²) in [6.07, 6.45) is 2.49. The fourth-order valence-corrected chi connectivity index (χ4v) is 2.77. The maximum absolute atomic E-state index is 12.3. The van der Waals surface area contributed by atoms with Crippen molar-refractivity contribution in [3.8, 4) is 0 Å². The van der Waals surface area contributed by atoms with Crippen molar-refractivity contribution in [1.82, 2.24) is 5.32 Å². The Hall–Kier alpha value is -2.43. The topological polar surface area (TPSA) is 71.5 Å². The number of hydrogen-bond donors (Lipinski definition) is 2. The largest absolute Gasteiger partial charge is 0.467 e. The van der Waals surface area contributed by atoms with Crippen molar-refractivity contribution in [1.29, 1.82) is 0 Å². The minimum atomic E-state index is -0.233. The van der Waals surface area contributed by atoms with Gasteiger partial charge in [0.05, 0.1) is 12.8 Å². The third-order valence-corrected chi connectivity index (χ3v) is 3.96. The average Bonchev–Trinajstić information content (AvgIpc) is 3.14. The molecule has 5 nitrogen and oxygen atoms in total. The minimum Gasteiger partial charge on any atom is -0.467 e. The van der Waals surface area contributed by atoms with Gasteiger partial charge in [-0.25, -0.2) is 0 Å². The van der Waals surface area contributed by atoms with Crippen molar-refractivity contribution < 1.29 is 9.21 Å². The number of nitrogens with two attached hydrogens (primary N) is 1. The number of furan rings is 1. The fourth-order valence-electron chi connectivity index (χ4n) is 2.77. The fraction of sp³-hybridized carbons (Fsp3) is 0.312. The lowest BCUT2D eigenvalue weighted by Gasteiger charge is -2.26. The van der Waals surface area contributed by atoms with Crippen LogP contribution in [0, 0.1) is 0 Å². The van der Waals surface area contributed by atoms with E-state index in [0.29, 0.717) is 6.54 Å². The molecule has 1 amide bonds. The number of nitrogens with one attached hydrogen (secondary N) is 1. The van der Waals surface area contributed by atoms with E-state index in [1.54, 1.807) is 6.26 Å². The van der Waals surface area contributed by atoms with Crippen molar-refractivity contribution in [3.05, 3.63) is 47.9 Å². The second kappa shape index (κ2) is 5.52. The van der Waals surface area contributed by atoms with E-state index in [4.69, 9.17) is 10.2 Å². The molecule has 1 aliphatic heterocycles. The summed E-state index contributed by atoms with van der Waals surface area (Å²) in [5.74, 6) is 0.739. The van der Waals surface area contributed by atoms with Crippen molar-refractivity contribution >= 4 is 17.3 Å². The summed E-state index contributed by atoms with van der Waals surface area (Å²) in [5, 5.41) is 2.90. The number of hydrogen-bond acceptors (Lipinski definition) is 4. The van der Waals surface area contributed by atoms with Crippen LogP contribution in [0.1, 0.15) is 18.2 Å². The van der Waals surface area contributed by atoms with Gasteiger partial charge >= 0.3 is 0 Å². The molecule has 0 aliphatic carbocycles. The van der Waals surface area contributed by atoms with Crippen LogP contribution in [0.2, 0.25) is 0 Å². The van der Waals surface area contributed by atoms with Gasteiger partial charge in [-0.2, -0.15) is 0 Å². The summed E-state index contributed by atoms with van der Waals surface area (Å²) in [5.41, 5.74) is 9.00. The lowest BCUT2D eigenvalue weighted by molar-refractivity contribution is -0.122. The normalized spacial score (nSPS) is 14.8. The van der Waals surface area contributed by atoms with Gasteiger partial charge < -0.3 is 20.4 Å². The molecule has 3 N–H and O–H groups in total. The highest BCUT2D eigenvalue weighted by Crippen LogP contribution is 2.33. The van der Waals surface area contributed by atoms with Gasteiger partial charge in [0.1, 0.15) is 11.8 Å². The summed E-state index contributed by atoms with van der Waals surface area (Å²) in [6, 6.07) is 9.28. The molecule has 0 bridgehead atoms. The Balaban J connectivity index is 1.68. The van der Waals surface area contributed by atoms with Crippen LogP contribution in [0.5, 0.6) is 0 Å². The summed E-state index contributed by atoms with van der Waals surface area (Å²) in [6.45, 7) is 3.14. The van der Waals surface area contributed by atoms with Crippen molar-refractivity contribution in [2.45, 2.75) is 25.9 Å². The zero-order chi connectivity index (χ0) is 14.8. The average molecular weight is 285 g/mol. The quantitative estimate of drug-likeness (QED) is 0.842. The molecule has 3 rings (SSSR count). The molecular formula is C16H19N3O2. The molecule has 0 saturated carbocycles. The predicted octanol–water partition coefficient (Wildman–Crippen LogP) is 1.93. The SMILES string of the molecule is CC(C(=O)NCc1ccco1)N1CCc2c(N)cccc21. The van der Waals surface area contributed by atoms with E-state index in [0.717, 1.165) is 35.7 Å². The molecule has 110 valence electrons. The highest BCUT2D eigenvalue weighted by atomic mass is 16.3. The summed E-state index contributed by atoms with van der Waals surface area (Å²) in [4.78, 5) is 14.4. The van der Waals surface area contributed by atoms with E-state index in [-0.39, 0.29) is 11.9 Å². The summed E-state index contributed by atoms with van der Waals surface area (Å²) in [7, 11) is 0. The standard InChI is InChI=1S/C16H19N3O2/c1-11(16(20)18-10-12-4-3-9-21-12)19-8-7-13-14(17)5-2-6-15(13)19/h2-6,9,11H,7-8,10,17H2,1H3,(H,18,20). The van der Waals surface area contributed by atoms with E-state index in [1.165, 1.54) is 0 Å². The maximum atomic E-state index is 12.3. The molecule has 0 spiro atoms. The van der Waals surface area contributed by atoms with Gasteiger partial charge in [-0.05, 0) is 37.6 Å². The van der Waals surface area contributed by atoms with Gasteiger partial charge in [-0.3, -0.25) is 4.79 Å². The molecule has 1 aromatic carbocycles. The molecule has 5 heteroatoms. The van der Waals surface area contributed by atoms with Gasteiger partial charge in [0.15, 0.2) is 0 Å². The first kappa shape index (κ1) is 13.5. The molecule has 1 aliphatic rings. The molecular weight excluding hydrogens is 266 g/mol. The molecule has 1 atom stereocenters. The smallest absolute Gasteiger partial charge is 0.242 e. The van der Waals surface area contributed by atoms with Crippen LogP contribution in [0.4, 0.5) is 11.4 Å². The maximum Gasteiger partial charge on any atom is 0.242 e. The number of anilines is 2. The van der Waals surface area contributed by atoms with E-state index in [2.05, 4.69) is 10.2 Å². The van der Waals surface area contributed by atoms with Gasteiger partial charge in [0.25, 0.3) is 0 Å². The highest BCUT2D eigenvalue weighted by Gasteiger charge is 2.28. The Bertz CT molecular complexity index is 637. The van der Waals surface area contributed by atoms with E-state index >= 15 is 0 Å². The zero-order valence-corrected chi connectivity index (χ0v) is 12.0. The van der Waals surface area contributed by atoms with Crippen LogP contribution in [-0.2, 0) is 17.8 Å². The summed E-state index contributed by atoms with van der Waals surface area (Å²) >= 11 is 0. The van der Waals surface area contributed by atoms with Crippen LogP contribution in [-0.4, -0.2) is 18.5 Å². The van der Waals surface area contributed by atoms with Crippen molar-refractivity contribution in [2.75, 3.05) is 17.2 Å². The number of fused-ring (bicyclic) bond motifs is 1. The number of carbonyl (C=O) groups excluding carboxylic acids is 1. The van der Waals surface area contributed by atoms with Crippen LogP contribution >= 0.6 is 0 Å². The molecule has 21 heavy (non-hydrogen) atoms. The first-order valence-corrected chi connectivity index (χ1v) is 7.11. The number of carbonyl (C=O) groups is 1. The Labute approximate surface area is 123 Å². The Kier molecular flexibility index (Phi) is 3.56. The number of benzene rings is 1. The van der Waals surface area contributed by atoms with Gasteiger partial charge in [0.2, 0.25) is 5.91 Å². The van der Waals surface area contributed by atoms with E-state index < -0.39 is 0 Å². The van der Waals surface area contributed by atoms with Gasteiger partial charge in [0, 0.05) is 23.5 Å². The molecule has 0 saturated heterocycles. The number of amides is 1. The van der Waals surface area contributed by atoms with E-state index in [9.17, 15) is 4.79 Å². The predicted molar refractivity (Wildman–Crippen MR) is 81.9 cm³/mol. The third-order valence-electron chi connectivity index (χ3n) is 3.96. The van der Waals surface area contributed by atoms with Gasteiger partial charge in [-0.15, -0.1) is 0 Å². The number of nitrogens with zero attached hydrogens (tertiary/aromatic N) is 1. The molecule has 2 aromatic rings. The van der Waals surface area contributed by atoms with Crippen molar-refractivity contribution in [2.24, 2.45) is 0 Å². The molecule has 1 unspecified atom stereocenters. The first-order valence-electron chi connectivity index (χ1n) is 7.11. The summed E-state index contributed by atoms with van der Waals surface area (Å²) < 4.78 is 5.22. The van der Waals surface area contributed by atoms with Crippen LogP contribution in [0.25, 0.3) is 0 Å². The Morgan fingerprint density at radius 3 is 3.05 bits per heavy atom. The second-order valence-corrected chi connectivity index (χ2v) is 5.26. The number of nitrogen functional groups attached to an aromatic ring is 1.